The summed E-state index contributed by atoms with van der Waals surface area (Å²) in [4.78, 5) is 0. The van der Waals surface area contributed by atoms with Crippen molar-refractivity contribution >= 4 is 33.3 Å². The Kier molecular flexibility index (Phi) is 3.74. The molecule has 3 N–H and O–H groups in total. The van der Waals surface area contributed by atoms with Gasteiger partial charge in [-0.15, -0.1) is 0 Å². The van der Waals surface area contributed by atoms with E-state index in [1.54, 1.807) is 0 Å². The van der Waals surface area contributed by atoms with Crippen molar-refractivity contribution in [2.24, 2.45) is 0 Å². The van der Waals surface area contributed by atoms with E-state index in [9.17, 15) is 0 Å². The molecule has 106 valence electrons. The molecular weight excluding hydrogens is 350 g/mol. The van der Waals surface area contributed by atoms with Crippen molar-refractivity contribution in [3.8, 4) is 22.4 Å². The molecule has 0 fully saturated rings. The molecule has 2 aromatic carbocycles. The number of nitrogens with zero attached hydrogens (tertiary/aromatic N) is 1. The Morgan fingerprint density at radius 2 is 1.90 bits per heavy atom. The number of nitrogens with one attached hydrogen (secondary N) is 1. The van der Waals surface area contributed by atoms with Gasteiger partial charge in [0, 0.05) is 20.6 Å². The number of H-pyrrole nitrogens is 1. The summed E-state index contributed by atoms with van der Waals surface area (Å²) in [6, 6.07) is 13.8. The van der Waals surface area contributed by atoms with E-state index in [0.717, 1.165) is 32.4 Å². The third-order valence-electron chi connectivity index (χ3n) is 3.33. The third-order valence-corrected chi connectivity index (χ3v) is 4.35. The molecule has 0 bridgehead atoms. The van der Waals surface area contributed by atoms with Crippen molar-refractivity contribution < 1.29 is 0 Å². The van der Waals surface area contributed by atoms with E-state index in [1.807, 2.05) is 43.3 Å². The quantitative estimate of drug-likeness (QED) is 0.670. The van der Waals surface area contributed by atoms with Crippen molar-refractivity contribution in [2.75, 3.05) is 5.73 Å². The summed E-state index contributed by atoms with van der Waals surface area (Å²) < 4.78 is 0.977. The number of nitrogens with two attached hydrogens (primary N) is 1. The molecular formula is C16H13BrClN3. The van der Waals surface area contributed by atoms with Crippen LogP contribution in [0.5, 0.6) is 0 Å². The van der Waals surface area contributed by atoms with Gasteiger partial charge in [-0.05, 0) is 25.1 Å². The number of anilines is 1. The fraction of sp³-hybridized carbons (Fsp3) is 0.0625. The average Bonchev–Trinajstić information content (AvgIpc) is 2.84. The monoisotopic (exact) mass is 361 g/mol. The topological polar surface area (TPSA) is 54.7 Å². The highest BCUT2D eigenvalue weighted by atomic mass is 79.9. The lowest BCUT2D eigenvalue weighted by atomic mass is 10.00. The fourth-order valence-electron chi connectivity index (χ4n) is 2.32. The molecule has 3 nitrogen and oxygen atoms in total. The standard InChI is InChI=1S/C16H13BrClN3/c1-9-6-7-12(17)11(8-9)15-14(16(19)21-20-15)10-4-2-3-5-13(10)18/h2-8H,1H3,(H3,19,20,21). The van der Waals surface area contributed by atoms with Gasteiger partial charge in [0.2, 0.25) is 0 Å². The average molecular weight is 363 g/mol. The molecule has 5 heteroatoms. The van der Waals surface area contributed by atoms with Crippen molar-refractivity contribution in [3.05, 3.63) is 57.5 Å². The highest BCUT2D eigenvalue weighted by Gasteiger charge is 2.18. The first kappa shape index (κ1) is 14.2. The Hall–Kier alpha value is -1.78. The van der Waals surface area contributed by atoms with Crippen LogP contribution in [-0.4, -0.2) is 10.2 Å². The molecule has 1 heterocycles. The van der Waals surface area contributed by atoms with Gasteiger partial charge in [-0.3, -0.25) is 5.10 Å². The summed E-state index contributed by atoms with van der Waals surface area (Å²) in [5.74, 6) is 0.437. The normalized spacial score (nSPS) is 10.8. The van der Waals surface area contributed by atoms with Gasteiger partial charge < -0.3 is 5.73 Å². The van der Waals surface area contributed by atoms with Gasteiger partial charge in [0.1, 0.15) is 0 Å². The molecule has 1 aromatic heterocycles. The van der Waals surface area contributed by atoms with Crippen molar-refractivity contribution in [1.82, 2.24) is 10.2 Å². The molecule has 0 spiro atoms. The zero-order chi connectivity index (χ0) is 15.0. The van der Waals surface area contributed by atoms with Crippen LogP contribution in [0.15, 0.2) is 46.9 Å². The summed E-state index contributed by atoms with van der Waals surface area (Å²) in [6.45, 7) is 2.05. The zero-order valence-electron chi connectivity index (χ0n) is 11.3. The van der Waals surface area contributed by atoms with Crippen molar-refractivity contribution in [2.45, 2.75) is 6.92 Å². The van der Waals surface area contributed by atoms with Crippen molar-refractivity contribution in [3.63, 3.8) is 0 Å². The first-order valence-corrected chi connectivity index (χ1v) is 7.60. The zero-order valence-corrected chi connectivity index (χ0v) is 13.7. The van der Waals surface area contributed by atoms with Gasteiger partial charge in [-0.25, -0.2) is 0 Å². The second-order valence-electron chi connectivity index (χ2n) is 4.82. The van der Waals surface area contributed by atoms with E-state index in [2.05, 4.69) is 32.2 Å². The fourth-order valence-corrected chi connectivity index (χ4v) is 2.99. The van der Waals surface area contributed by atoms with Crippen LogP contribution in [0.25, 0.3) is 22.4 Å². The number of aromatic nitrogens is 2. The largest absolute Gasteiger partial charge is 0.382 e. The van der Waals surface area contributed by atoms with Gasteiger partial charge in [0.05, 0.1) is 11.3 Å². The molecule has 0 aliphatic rings. The maximum absolute atomic E-state index is 6.31. The first-order valence-electron chi connectivity index (χ1n) is 6.43. The minimum atomic E-state index is 0.437. The van der Waals surface area contributed by atoms with Crippen LogP contribution in [0.2, 0.25) is 5.02 Å². The molecule has 0 unspecified atom stereocenters. The summed E-state index contributed by atoms with van der Waals surface area (Å²) in [5, 5.41) is 7.82. The van der Waals surface area contributed by atoms with Crippen LogP contribution < -0.4 is 5.73 Å². The van der Waals surface area contributed by atoms with Gasteiger partial charge in [-0.1, -0.05) is 57.4 Å². The number of aromatic amines is 1. The molecule has 21 heavy (non-hydrogen) atoms. The maximum Gasteiger partial charge on any atom is 0.153 e. The second-order valence-corrected chi connectivity index (χ2v) is 6.08. The summed E-state index contributed by atoms with van der Waals surface area (Å²) >= 11 is 9.89. The highest BCUT2D eigenvalue weighted by molar-refractivity contribution is 9.10. The predicted molar refractivity (Wildman–Crippen MR) is 91.3 cm³/mol. The summed E-state index contributed by atoms with van der Waals surface area (Å²) in [7, 11) is 0. The van der Waals surface area contributed by atoms with E-state index >= 15 is 0 Å². The number of aryl methyl sites for hydroxylation is 1. The molecule has 3 rings (SSSR count). The van der Waals surface area contributed by atoms with Gasteiger partial charge in [0.15, 0.2) is 5.82 Å². The summed E-state index contributed by atoms with van der Waals surface area (Å²) in [6.07, 6.45) is 0. The molecule has 0 saturated heterocycles. The molecule has 0 aliphatic carbocycles. The van der Waals surface area contributed by atoms with Crippen LogP contribution in [-0.2, 0) is 0 Å². The van der Waals surface area contributed by atoms with E-state index in [4.69, 9.17) is 17.3 Å². The SMILES string of the molecule is Cc1ccc(Br)c(-c2[nH]nc(N)c2-c2ccccc2Cl)c1. The second kappa shape index (κ2) is 5.54. The third kappa shape index (κ3) is 2.57. The number of benzene rings is 2. The van der Waals surface area contributed by atoms with E-state index in [1.165, 1.54) is 0 Å². The Bertz CT molecular complexity index is 811. The minimum absolute atomic E-state index is 0.437. The summed E-state index contributed by atoms with van der Waals surface area (Å²) in [5.41, 5.74) is 10.8. The van der Waals surface area contributed by atoms with Crippen LogP contribution in [0.3, 0.4) is 0 Å². The van der Waals surface area contributed by atoms with Gasteiger partial charge in [0.25, 0.3) is 0 Å². The van der Waals surface area contributed by atoms with E-state index in [0.29, 0.717) is 10.8 Å². The Morgan fingerprint density at radius 1 is 1.14 bits per heavy atom. The number of hydrogen-bond donors (Lipinski definition) is 2. The number of nitrogen functional groups attached to an aromatic ring is 1. The van der Waals surface area contributed by atoms with Crippen LogP contribution in [0.1, 0.15) is 5.56 Å². The molecule has 0 aliphatic heterocycles. The van der Waals surface area contributed by atoms with E-state index < -0.39 is 0 Å². The number of hydrogen-bond acceptors (Lipinski definition) is 2. The smallest absolute Gasteiger partial charge is 0.153 e. The van der Waals surface area contributed by atoms with Gasteiger partial charge in [-0.2, -0.15) is 5.10 Å². The van der Waals surface area contributed by atoms with E-state index in [-0.39, 0.29) is 0 Å². The number of rotatable bonds is 2. The van der Waals surface area contributed by atoms with Gasteiger partial charge >= 0.3 is 0 Å². The molecule has 0 atom stereocenters. The maximum atomic E-state index is 6.31. The predicted octanol–water partition coefficient (Wildman–Crippen LogP) is 5.05. The number of halogens is 2. The lowest BCUT2D eigenvalue weighted by molar-refractivity contribution is 1.10. The lowest BCUT2D eigenvalue weighted by Gasteiger charge is -2.09. The minimum Gasteiger partial charge on any atom is -0.382 e. The first-order chi connectivity index (χ1) is 10.1. The Balaban J connectivity index is 2.27. The van der Waals surface area contributed by atoms with Crippen LogP contribution >= 0.6 is 27.5 Å². The molecule has 0 saturated carbocycles. The molecule has 0 amide bonds. The lowest BCUT2D eigenvalue weighted by Crippen LogP contribution is -1.90. The van der Waals surface area contributed by atoms with Crippen LogP contribution in [0, 0.1) is 6.92 Å². The Morgan fingerprint density at radius 3 is 2.67 bits per heavy atom. The molecule has 0 radical (unpaired) electrons. The highest BCUT2D eigenvalue weighted by Crippen LogP contribution is 2.40. The van der Waals surface area contributed by atoms with Crippen molar-refractivity contribution in [1.29, 1.82) is 0 Å². The van der Waals surface area contributed by atoms with Crippen LogP contribution in [0.4, 0.5) is 5.82 Å². The Labute approximate surface area is 136 Å². The molecule has 3 aromatic rings.